The van der Waals surface area contributed by atoms with E-state index in [2.05, 4.69) is 10.1 Å². The second-order valence-corrected chi connectivity index (χ2v) is 4.50. The van der Waals surface area contributed by atoms with Gasteiger partial charge in [-0.2, -0.15) is 5.10 Å². The molecule has 0 radical (unpaired) electrons. The number of benzene rings is 1. The minimum atomic E-state index is 0.684. The lowest BCUT2D eigenvalue weighted by molar-refractivity contribution is 0.355. The molecule has 0 aliphatic heterocycles. The first kappa shape index (κ1) is 12.5. The summed E-state index contributed by atoms with van der Waals surface area (Å²) in [6.45, 7) is 2.01. The van der Waals surface area contributed by atoms with Gasteiger partial charge in [-0.05, 0) is 30.7 Å². The van der Waals surface area contributed by atoms with Gasteiger partial charge >= 0.3 is 0 Å². The van der Waals surface area contributed by atoms with Gasteiger partial charge in [0.15, 0.2) is 11.5 Å². The number of hydrogen-bond acceptors (Lipinski definition) is 4. The molecule has 2 aromatic heterocycles. The Bertz CT molecular complexity index is 765. The summed E-state index contributed by atoms with van der Waals surface area (Å²) in [6.07, 6.45) is 5.56. The molecule has 0 amide bonds. The molecule has 2 heterocycles. The van der Waals surface area contributed by atoms with Gasteiger partial charge in [0.25, 0.3) is 0 Å². The highest BCUT2D eigenvalue weighted by Crippen LogP contribution is 2.31. The van der Waals surface area contributed by atoms with E-state index < -0.39 is 0 Å². The fourth-order valence-corrected chi connectivity index (χ4v) is 2.15. The fourth-order valence-electron chi connectivity index (χ4n) is 2.15. The van der Waals surface area contributed by atoms with Crippen LogP contribution in [0.3, 0.4) is 0 Å². The number of methoxy groups -OCH3 is 2. The highest BCUT2D eigenvalue weighted by atomic mass is 16.5. The maximum absolute atomic E-state index is 5.31. The first-order valence-corrected chi connectivity index (χ1v) is 6.25. The lowest BCUT2D eigenvalue weighted by atomic mass is 10.1. The molecule has 5 nitrogen and oxygen atoms in total. The van der Waals surface area contributed by atoms with Crippen LogP contribution in [0.15, 0.2) is 36.8 Å². The molecular weight excluding hydrogens is 254 g/mol. The van der Waals surface area contributed by atoms with Crippen molar-refractivity contribution in [3.63, 3.8) is 0 Å². The molecule has 0 atom stereocenters. The zero-order valence-electron chi connectivity index (χ0n) is 11.6. The summed E-state index contributed by atoms with van der Waals surface area (Å²) in [6, 6.07) is 5.73. The minimum Gasteiger partial charge on any atom is -0.493 e. The number of aryl methyl sites for hydroxylation is 1. The Balaban J connectivity index is 2.10. The van der Waals surface area contributed by atoms with Gasteiger partial charge in [-0.25, -0.2) is 4.52 Å². The van der Waals surface area contributed by atoms with Crippen LogP contribution in [0.1, 0.15) is 5.56 Å². The van der Waals surface area contributed by atoms with E-state index in [4.69, 9.17) is 9.47 Å². The second-order valence-electron chi connectivity index (χ2n) is 4.50. The standard InChI is InChI=1S/C15H15N3O2/c1-10-7-17-18-9-12(16-8-13(10)18)11-4-5-14(19-2)15(6-11)20-3/h4-9H,1-3H3. The molecule has 0 fully saturated rings. The summed E-state index contributed by atoms with van der Waals surface area (Å²) in [5.41, 5.74) is 3.91. The van der Waals surface area contributed by atoms with Crippen molar-refractivity contribution < 1.29 is 9.47 Å². The number of rotatable bonds is 3. The Kier molecular flexibility index (Phi) is 3.02. The number of ether oxygens (including phenoxy) is 2. The van der Waals surface area contributed by atoms with Crippen molar-refractivity contribution in [3.05, 3.63) is 42.4 Å². The van der Waals surface area contributed by atoms with E-state index in [0.717, 1.165) is 22.3 Å². The predicted molar refractivity (Wildman–Crippen MR) is 76.3 cm³/mol. The van der Waals surface area contributed by atoms with E-state index in [-0.39, 0.29) is 0 Å². The van der Waals surface area contributed by atoms with E-state index in [1.54, 1.807) is 14.2 Å². The normalized spacial score (nSPS) is 10.8. The number of nitrogens with zero attached hydrogens (tertiary/aromatic N) is 3. The average molecular weight is 269 g/mol. The molecule has 1 aromatic carbocycles. The lowest BCUT2D eigenvalue weighted by Gasteiger charge is -2.09. The molecular formula is C15H15N3O2. The first-order chi connectivity index (χ1) is 9.72. The van der Waals surface area contributed by atoms with Crippen molar-refractivity contribution in [1.29, 1.82) is 0 Å². The van der Waals surface area contributed by atoms with Crippen molar-refractivity contribution in [2.45, 2.75) is 6.92 Å². The van der Waals surface area contributed by atoms with Gasteiger partial charge in [0, 0.05) is 5.56 Å². The molecule has 0 aliphatic carbocycles. The summed E-state index contributed by atoms with van der Waals surface area (Å²) in [5.74, 6) is 1.39. The molecule has 0 bridgehead atoms. The zero-order valence-corrected chi connectivity index (χ0v) is 11.6. The molecule has 0 unspecified atom stereocenters. The topological polar surface area (TPSA) is 48.7 Å². The van der Waals surface area contributed by atoms with Gasteiger partial charge in [-0.3, -0.25) is 4.98 Å². The van der Waals surface area contributed by atoms with E-state index >= 15 is 0 Å². The third-order valence-electron chi connectivity index (χ3n) is 3.28. The van der Waals surface area contributed by atoms with E-state index in [0.29, 0.717) is 11.5 Å². The summed E-state index contributed by atoms with van der Waals surface area (Å²) in [7, 11) is 3.24. The van der Waals surface area contributed by atoms with E-state index in [1.807, 2.05) is 48.2 Å². The van der Waals surface area contributed by atoms with Crippen LogP contribution in [-0.4, -0.2) is 28.8 Å². The van der Waals surface area contributed by atoms with Gasteiger partial charge < -0.3 is 9.47 Å². The Hall–Kier alpha value is -2.56. The third-order valence-corrected chi connectivity index (χ3v) is 3.28. The molecule has 0 N–H and O–H groups in total. The van der Waals surface area contributed by atoms with Crippen molar-refractivity contribution in [2.24, 2.45) is 0 Å². The Morgan fingerprint density at radius 1 is 1.05 bits per heavy atom. The van der Waals surface area contributed by atoms with Crippen molar-refractivity contribution in [2.75, 3.05) is 14.2 Å². The second kappa shape index (κ2) is 4.85. The average Bonchev–Trinajstić information content (AvgIpc) is 2.87. The van der Waals surface area contributed by atoms with Gasteiger partial charge in [0.05, 0.1) is 44.0 Å². The van der Waals surface area contributed by atoms with Crippen molar-refractivity contribution in [3.8, 4) is 22.8 Å². The van der Waals surface area contributed by atoms with Crippen LogP contribution < -0.4 is 9.47 Å². The van der Waals surface area contributed by atoms with Gasteiger partial charge in [0.1, 0.15) is 0 Å². The Morgan fingerprint density at radius 2 is 1.85 bits per heavy atom. The van der Waals surface area contributed by atoms with Gasteiger partial charge in [-0.1, -0.05) is 0 Å². The quantitative estimate of drug-likeness (QED) is 0.733. The fraction of sp³-hybridized carbons (Fsp3) is 0.200. The Labute approximate surface area is 116 Å². The molecule has 0 saturated carbocycles. The smallest absolute Gasteiger partial charge is 0.161 e. The molecule has 20 heavy (non-hydrogen) atoms. The van der Waals surface area contributed by atoms with Gasteiger partial charge in [0.2, 0.25) is 0 Å². The van der Waals surface area contributed by atoms with Crippen LogP contribution in [0, 0.1) is 6.92 Å². The van der Waals surface area contributed by atoms with Crippen molar-refractivity contribution >= 4 is 5.52 Å². The molecule has 5 heteroatoms. The first-order valence-electron chi connectivity index (χ1n) is 6.25. The highest BCUT2D eigenvalue weighted by Gasteiger charge is 2.08. The van der Waals surface area contributed by atoms with Crippen LogP contribution in [-0.2, 0) is 0 Å². The van der Waals surface area contributed by atoms with Crippen LogP contribution in [0.4, 0.5) is 0 Å². The predicted octanol–water partition coefficient (Wildman–Crippen LogP) is 2.72. The summed E-state index contributed by atoms with van der Waals surface area (Å²) in [5, 5.41) is 4.30. The van der Waals surface area contributed by atoms with Crippen LogP contribution >= 0.6 is 0 Å². The number of hydrogen-bond donors (Lipinski definition) is 0. The summed E-state index contributed by atoms with van der Waals surface area (Å²) >= 11 is 0. The molecule has 0 spiro atoms. The Morgan fingerprint density at radius 3 is 2.60 bits per heavy atom. The highest BCUT2D eigenvalue weighted by molar-refractivity contribution is 5.65. The van der Waals surface area contributed by atoms with E-state index in [1.165, 1.54) is 0 Å². The molecule has 3 rings (SSSR count). The van der Waals surface area contributed by atoms with Crippen LogP contribution in [0.25, 0.3) is 16.8 Å². The largest absolute Gasteiger partial charge is 0.493 e. The molecule has 102 valence electrons. The molecule has 0 aliphatic rings. The number of fused-ring (bicyclic) bond motifs is 1. The zero-order chi connectivity index (χ0) is 14.1. The maximum Gasteiger partial charge on any atom is 0.161 e. The minimum absolute atomic E-state index is 0.684. The molecule has 0 saturated heterocycles. The third kappa shape index (κ3) is 1.97. The lowest BCUT2D eigenvalue weighted by Crippen LogP contribution is -1.94. The van der Waals surface area contributed by atoms with E-state index in [9.17, 15) is 0 Å². The van der Waals surface area contributed by atoms with Crippen molar-refractivity contribution in [1.82, 2.24) is 14.6 Å². The maximum atomic E-state index is 5.31. The van der Waals surface area contributed by atoms with Crippen LogP contribution in [0.2, 0.25) is 0 Å². The molecule has 3 aromatic rings. The monoisotopic (exact) mass is 269 g/mol. The van der Waals surface area contributed by atoms with Gasteiger partial charge in [-0.15, -0.1) is 0 Å². The van der Waals surface area contributed by atoms with Crippen LogP contribution in [0.5, 0.6) is 11.5 Å². The SMILES string of the molecule is COc1ccc(-c2cn3ncc(C)c3cn2)cc1OC. The summed E-state index contributed by atoms with van der Waals surface area (Å²) in [4.78, 5) is 4.48. The summed E-state index contributed by atoms with van der Waals surface area (Å²) < 4.78 is 12.4. The number of aromatic nitrogens is 3.